The van der Waals surface area contributed by atoms with Gasteiger partial charge in [0.2, 0.25) is 5.91 Å². The number of rotatable bonds is 5. The number of thiazole rings is 1. The van der Waals surface area contributed by atoms with E-state index in [9.17, 15) is 4.79 Å². The maximum Gasteiger partial charge on any atom is 0.247 e. The van der Waals surface area contributed by atoms with E-state index in [4.69, 9.17) is 0 Å². The van der Waals surface area contributed by atoms with Gasteiger partial charge in [-0.15, -0.1) is 11.3 Å². The van der Waals surface area contributed by atoms with Gasteiger partial charge in [0.15, 0.2) is 5.13 Å². The molecule has 4 rings (SSSR count). The lowest BCUT2D eigenvalue weighted by Crippen LogP contribution is -2.29. The summed E-state index contributed by atoms with van der Waals surface area (Å²) in [6, 6.07) is 15.6. The molecule has 1 aromatic carbocycles. The number of amides is 1. The van der Waals surface area contributed by atoms with E-state index in [1.165, 1.54) is 11.3 Å². The second-order valence-corrected chi connectivity index (χ2v) is 7.21. The highest BCUT2D eigenvalue weighted by Crippen LogP contribution is 2.34. The molecular weight excluding hydrogens is 356 g/mol. The lowest BCUT2D eigenvalue weighted by molar-refractivity contribution is -0.126. The van der Waals surface area contributed by atoms with Crippen molar-refractivity contribution in [3.63, 3.8) is 0 Å². The normalized spacial score (nSPS) is 16.7. The van der Waals surface area contributed by atoms with Gasteiger partial charge in [0, 0.05) is 24.2 Å². The molecule has 0 aliphatic carbocycles. The third kappa shape index (κ3) is 4.23. The van der Waals surface area contributed by atoms with Crippen molar-refractivity contribution in [1.82, 2.24) is 14.9 Å². The maximum atomic E-state index is 12.7. The highest BCUT2D eigenvalue weighted by molar-refractivity contribution is 7.13. The summed E-state index contributed by atoms with van der Waals surface area (Å²) in [7, 11) is 0. The first-order valence-electron chi connectivity index (χ1n) is 8.97. The predicted molar refractivity (Wildman–Crippen MR) is 109 cm³/mol. The van der Waals surface area contributed by atoms with Gasteiger partial charge in [0.1, 0.15) is 5.82 Å². The Balaban J connectivity index is 1.45. The van der Waals surface area contributed by atoms with Crippen molar-refractivity contribution in [2.45, 2.75) is 18.9 Å². The van der Waals surface area contributed by atoms with Crippen molar-refractivity contribution >= 4 is 34.3 Å². The van der Waals surface area contributed by atoms with E-state index in [-0.39, 0.29) is 11.9 Å². The Morgan fingerprint density at radius 2 is 2.04 bits per heavy atom. The van der Waals surface area contributed by atoms with Gasteiger partial charge in [0.05, 0.1) is 11.7 Å². The van der Waals surface area contributed by atoms with Crippen LogP contribution in [0.25, 0.3) is 6.08 Å². The fraction of sp³-hybridized carbons (Fsp3) is 0.190. The number of nitrogens with zero attached hydrogens (tertiary/aromatic N) is 3. The number of aromatic nitrogens is 2. The number of benzene rings is 1. The van der Waals surface area contributed by atoms with Crippen LogP contribution in [0, 0.1) is 0 Å². The Morgan fingerprint density at radius 1 is 1.19 bits per heavy atom. The summed E-state index contributed by atoms with van der Waals surface area (Å²) in [5, 5.41) is 6.04. The van der Waals surface area contributed by atoms with Crippen LogP contribution >= 0.6 is 11.3 Å². The number of pyridine rings is 1. The predicted octanol–water partition coefficient (Wildman–Crippen LogP) is 4.66. The smallest absolute Gasteiger partial charge is 0.247 e. The van der Waals surface area contributed by atoms with Gasteiger partial charge < -0.3 is 10.2 Å². The van der Waals surface area contributed by atoms with Crippen LogP contribution in [-0.4, -0.2) is 27.3 Å². The Kier molecular flexibility index (Phi) is 5.25. The zero-order chi connectivity index (χ0) is 18.5. The van der Waals surface area contributed by atoms with Crippen LogP contribution in [0.3, 0.4) is 0 Å². The summed E-state index contributed by atoms with van der Waals surface area (Å²) in [6.07, 6.45) is 7.21. The number of anilines is 2. The number of likely N-dealkylation sites (tertiary alicyclic amines) is 1. The van der Waals surface area contributed by atoms with Crippen molar-refractivity contribution in [2.75, 3.05) is 11.9 Å². The molecule has 1 atom stereocenters. The first-order valence-corrected chi connectivity index (χ1v) is 9.85. The summed E-state index contributed by atoms with van der Waals surface area (Å²) in [5.74, 6) is 0.803. The minimum absolute atomic E-state index is 0.0356. The quantitative estimate of drug-likeness (QED) is 0.658. The first-order chi connectivity index (χ1) is 13.3. The van der Waals surface area contributed by atoms with Crippen LogP contribution < -0.4 is 5.32 Å². The highest BCUT2D eigenvalue weighted by Gasteiger charge is 2.30. The van der Waals surface area contributed by atoms with Crippen molar-refractivity contribution in [3.8, 4) is 0 Å². The van der Waals surface area contributed by atoms with Crippen LogP contribution in [0.5, 0.6) is 0 Å². The standard InChI is InChI=1S/C21H20N4OS/c26-20(12-11-16-7-2-1-3-8-16)25-14-6-9-18(25)17-15-27-21(23-17)24-19-10-4-5-13-22-19/h1-5,7-8,10-13,15,18H,6,9,14H2,(H,22,23,24)/b12-11+. The molecule has 0 radical (unpaired) electrons. The van der Waals surface area contributed by atoms with E-state index in [0.29, 0.717) is 0 Å². The van der Waals surface area contributed by atoms with Crippen molar-refractivity contribution < 1.29 is 4.79 Å². The zero-order valence-corrected chi connectivity index (χ0v) is 15.6. The van der Waals surface area contributed by atoms with Gasteiger partial charge in [-0.05, 0) is 36.6 Å². The molecule has 6 heteroatoms. The van der Waals surface area contributed by atoms with Crippen molar-refractivity contribution in [2.24, 2.45) is 0 Å². The van der Waals surface area contributed by atoms with Gasteiger partial charge in [0.25, 0.3) is 0 Å². The number of carbonyl (C=O) groups excluding carboxylic acids is 1. The molecule has 3 aromatic rings. The first kappa shape index (κ1) is 17.4. The van der Waals surface area contributed by atoms with E-state index >= 15 is 0 Å². The van der Waals surface area contributed by atoms with Crippen LogP contribution in [0.2, 0.25) is 0 Å². The van der Waals surface area contributed by atoms with Crippen LogP contribution in [0.15, 0.2) is 66.2 Å². The maximum absolute atomic E-state index is 12.7. The average Bonchev–Trinajstić information content (AvgIpc) is 3.37. The van der Waals surface area contributed by atoms with Crippen LogP contribution in [-0.2, 0) is 4.79 Å². The minimum Gasteiger partial charge on any atom is -0.331 e. The van der Waals surface area contributed by atoms with Crippen molar-refractivity contribution in [3.05, 3.63) is 77.4 Å². The summed E-state index contributed by atoms with van der Waals surface area (Å²) in [5.41, 5.74) is 1.97. The van der Waals surface area contributed by atoms with Gasteiger partial charge >= 0.3 is 0 Å². The lowest BCUT2D eigenvalue weighted by atomic mass is 10.1. The Labute approximate surface area is 162 Å². The molecule has 1 aliphatic rings. The molecule has 1 fully saturated rings. The van der Waals surface area contributed by atoms with Gasteiger partial charge in [-0.1, -0.05) is 36.4 Å². The number of carbonyl (C=O) groups is 1. The molecule has 5 nitrogen and oxygen atoms in total. The third-order valence-corrected chi connectivity index (χ3v) is 5.29. The molecule has 0 spiro atoms. The molecular formula is C21H20N4OS. The lowest BCUT2D eigenvalue weighted by Gasteiger charge is -2.21. The number of hydrogen-bond acceptors (Lipinski definition) is 5. The largest absolute Gasteiger partial charge is 0.331 e. The average molecular weight is 376 g/mol. The molecule has 1 N–H and O–H groups in total. The Morgan fingerprint density at radius 3 is 2.85 bits per heavy atom. The summed E-state index contributed by atoms with van der Waals surface area (Å²) < 4.78 is 0. The zero-order valence-electron chi connectivity index (χ0n) is 14.8. The number of nitrogens with one attached hydrogen (secondary N) is 1. The van der Waals surface area contributed by atoms with E-state index in [2.05, 4.69) is 15.3 Å². The molecule has 136 valence electrons. The molecule has 27 heavy (non-hydrogen) atoms. The Bertz CT molecular complexity index is 924. The van der Waals surface area contributed by atoms with E-state index in [0.717, 1.165) is 41.6 Å². The van der Waals surface area contributed by atoms with Crippen LogP contribution in [0.4, 0.5) is 10.9 Å². The molecule has 0 bridgehead atoms. The van der Waals surface area contributed by atoms with E-state index < -0.39 is 0 Å². The van der Waals surface area contributed by atoms with Gasteiger partial charge in [-0.2, -0.15) is 0 Å². The fourth-order valence-corrected chi connectivity index (χ4v) is 3.97. The summed E-state index contributed by atoms with van der Waals surface area (Å²) >= 11 is 1.54. The van der Waals surface area contributed by atoms with E-state index in [1.807, 2.05) is 64.9 Å². The molecule has 1 saturated heterocycles. The SMILES string of the molecule is O=C(/C=C/c1ccccc1)N1CCCC1c1csc(Nc2ccccn2)n1. The minimum atomic E-state index is 0.0356. The molecule has 1 aliphatic heterocycles. The second kappa shape index (κ2) is 8.14. The van der Waals surface area contributed by atoms with E-state index in [1.54, 1.807) is 12.3 Å². The Hall–Kier alpha value is -2.99. The van der Waals surface area contributed by atoms with Crippen LogP contribution in [0.1, 0.15) is 30.1 Å². The second-order valence-electron chi connectivity index (χ2n) is 6.35. The summed E-state index contributed by atoms with van der Waals surface area (Å²) in [4.78, 5) is 23.6. The molecule has 3 heterocycles. The highest BCUT2D eigenvalue weighted by atomic mass is 32.1. The molecule has 1 unspecified atom stereocenters. The molecule has 0 saturated carbocycles. The number of hydrogen-bond donors (Lipinski definition) is 1. The summed E-state index contributed by atoms with van der Waals surface area (Å²) in [6.45, 7) is 0.767. The van der Waals surface area contributed by atoms with Crippen molar-refractivity contribution in [1.29, 1.82) is 0 Å². The third-order valence-electron chi connectivity index (χ3n) is 4.52. The molecule has 2 aromatic heterocycles. The van der Waals surface area contributed by atoms with Gasteiger partial charge in [-0.25, -0.2) is 9.97 Å². The fourth-order valence-electron chi connectivity index (χ4n) is 3.21. The van der Waals surface area contributed by atoms with Gasteiger partial charge in [-0.3, -0.25) is 4.79 Å². The molecule has 1 amide bonds. The topological polar surface area (TPSA) is 58.1 Å². The monoisotopic (exact) mass is 376 g/mol.